The third-order valence-electron chi connectivity index (χ3n) is 2.64. The molecule has 21 heavy (non-hydrogen) atoms. The van der Waals surface area contributed by atoms with Crippen LogP contribution in [-0.4, -0.2) is 32.1 Å². The number of carbonyl (C=O) groups excluding carboxylic acids is 2. The van der Waals surface area contributed by atoms with Crippen LogP contribution in [0.4, 0.5) is 5.69 Å². The monoisotopic (exact) mass is 289 g/mol. The lowest BCUT2D eigenvalue weighted by molar-refractivity contribution is -0.116. The normalized spacial score (nSPS) is 9.48. The summed E-state index contributed by atoms with van der Waals surface area (Å²) in [5.41, 5.74) is 12.0. The molecule has 0 saturated heterocycles. The molecule has 0 bridgehead atoms. The number of ether oxygens (including phenoxy) is 1. The molecule has 1 aromatic rings. The Hall–Kier alpha value is -2.36. The second-order valence-electron chi connectivity index (χ2n) is 4.20. The van der Waals surface area contributed by atoms with E-state index in [0.717, 1.165) is 0 Å². The van der Waals surface area contributed by atoms with Crippen molar-refractivity contribution in [3.05, 3.63) is 29.3 Å². The van der Waals surface area contributed by atoms with Crippen molar-refractivity contribution in [2.24, 2.45) is 11.5 Å². The van der Waals surface area contributed by atoms with Gasteiger partial charge in [0, 0.05) is 12.0 Å². The third-order valence-corrected chi connectivity index (χ3v) is 2.64. The van der Waals surface area contributed by atoms with E-state index in [9.17, 15) is 9.59 Å². The van der Waals surface area contributed by atoms with E-state index >= 15 is 0 Å². The first-order valence-electron chi connectivity index (χ1n) is 6.53. The highest BCUT2D eigenvalue weighted by Gasteiger charge is 2.14. The van der Waals surface area contributed by atoms with Crippen LogP contribution < -0.4 is 16.8 Å². The molecule has 0 unspecified atom stereocenters. The van der Waals surface area contributed by atoms with Crippen molar-refractivity contribution in [1.29, 1.82) is 0 Å². The van der Waals surface area contributed by atoms with E-state index in [-0.39, 0.29) is 24.4 Å². The number of carbonyl (C=O) groups is 2. The predicted octanol–water partition coefficient (Wildman–Crippen LogP) is 0.461. The lowest BCUT2D eigenvalue weighted by atomic mass is 10.1. The Morgan fingerprint density at radius 3 is 2.71 bits per heavy atom. The van der Waals surface area contributed by atoms with Crippen molar-refractivity contribution in [2.45, 2.75) is 12.8 Å². The molecule has 0 heterocycles. The van der Waals surface area contributed by atoms with Crippen molar-refractivity contribution < 1.29 is 14.3 Å². The SMILES string of the molecule is COC(=O)c1ccc(C#CCN)cc1NC(=O)CCCN. The first-order valence-corrected chi connectivity index (χ1v) is 6.53. The molecule has 0 fully saturated rings. The third kappa shape index (κ3) is 5.26. The van der Waals surface area contributed by atoms with E-state index in [4.69, 9.17) is 16.2 Å². The van der Waals surface area contributed by atoms with E-state index in [1.54, 1.807) is 18.2 Å². The van der Waals surface area contributed by atoms with Gasteiger partial charge in [0.2, 0.25) is 5.91 Å². The van der Waals surface area contributed by atoms with Gasteiger partial charge in [0.15, 0.2) is 0 Å². The number of hydrogen-bond acceptors (Lipinski definition) is 5. The van der Waals surface area contributed by atoms with Gasteiger partial charge in [0.05, 0.1) is 24.9 Å². The minimum Gasteiger partial charge on any atom is -0.465 e. The van der Waals surface area contributed by atoms with Crippen LogP contribution in [-0.2, 0) is 9.53 Å². The van der Waals surface area contributed by atoms with Gasteiger partial charge in [-0.05, 0) is 31.2 Å². The number of anilines is 1. The van der Waals surface area contributed by atoms with Crippen molar-refractivity contribution in [3.8, 4) is 11.8 Å². The van der Waals surface area contributed by atoms with Crippen molar-refractivity contribution in [1.82, 2.24) is 0 Å². The summed E-state index contributed by atoms with van der Waals surface area (Å²) in [4.78, 5) is 23.5. The minimum absolute atomic E-state index is 0.213. The van der Waals surface area contributed by atoms with Gasteiger partial charge in [-0.15, -0.1) is 0 Å². The Bertz CT molecular complexity index is 573. The smallest absolute Gasteiger partial charge is 0.339 e. The molecule has 5 N–H and O–H groups in total. The standard InChI is InChI=1S/C15H19N3O3/c1-21-15(20)12-7-6-11(4-2-8-16)10-13(12)18-14(19)5-3-9-17/h6-7,10H,3,5,8-9,16-17H2,1H3,(H,18,19). The summed E-state index contributed by atoms with van der Waals surface area (Å²) in [6.07, 6.45) is 0.863. The maximum Gasteiger partial charge on any atom is 0.339 e. The second-order valence-corrected chi connectivity index (χ2v) is 4.20. The van der Waals surface area contributed by atoms with E-state index in [1.165, 1.54) is 7.11 Å². The number of esters is 1. The fraction of sp³-hybridized carbons (Fsp3) is 0.333. The number of hydrogen-bond donors (Lipinski definition) is 3. The molecule has 112 valence electrons. The maximum absolute atomic E-state index is 11.8. The van der Waals surface area contributed by atoms with Crippen molar-refractivity contribution in [3.63, 3.8) is 0 Å². The molecule has 0 atom stereocenters. The zero-order valence-electron chi connectivity index (χ0n) is 11.9. The Morgan fingerprint density at radius 1 is 1.33 bits per heavy atom. The van der Waals surface area contributed by atoms with Gasteiger partial charge in [0.25, 0.3) is 0 Å². The van der Waals surface area contributed by atoms with Gasteiger partial charge in [-0.3, -0.25) is 4.79 Å². The van der Waals surface area contributed by atoms with Gasteiger partial charge < -0.3 is 21.5 Å². The summed E-state index contributed by atoms with van der Waals surface area (Å²) in [6, 6.07) is 4.85. The Kier molecular flexibility index (Phi) is 6.95. The highest BCUT2D eigenvalue weighted by molar-refractivity contribution is 6.01. The van der Waals surface area contributed by atoms with Crippen molar-refractivity contribution in [2.75, 3.05) is 25.5 Å². The van der Waals surface area contributed by atoms with E-state index in [1.807, 2.05) is 0 Å². The van der Waals surface area contributed by atoms with E-state index in [2.05, 4.69) is 17.2 Å². The van der Waals surface area contributed by atoms with Gasteiger partial charge in [-0.1, -0.05) is 11.8 Å². The number of amides is 1. The molecule has 0 aliphatic rings. The molecule has 0 radical (unpaired) electrons. The average molecular weight is 289 g/mol. The molecule has 1 aromatic carbocycles. The largest absolute Gasteiger partial charge is 0.465 e. The summed E-state index contributed by atoms with van der Waals surface area (Å²) in [6.45, 7) is 0.663. The van der Waals surface area contributed by atoms with Gasteiger partial charge >= 0.3 is 5.97 Å². The van der Waals surface area contributed by atoms with Crippen LogP contribution in [0.15, 0.2) is 18.2 Å². The van der Waals surface area contributed by atoms with Crippen LogP contribution in [0.25, 0.3) is 0 Å². The Morgan fingerprint density at radius 2 is 2.10 bits per heavy atom. The van der Waals surface area contributed by atoms with Crippen LogP contribution in [0.3, 0.4) is 0 Å². The summed E-state index contributed by atoms with van der Waals surface area (Å²) >= 11 is 0. The van der Waals surface area contributed by atoms with E-state index < -0.39 is 5.97 Å². The van der Waals surface area contributed by atoms with E-state index in [0.29, 0.717) is 24.2 Å². The van der Waals surface area contributed by atoms with Crippen LogP contribution in [0.5, 0.6) is 0 Å². The summed E-state index contributed by atoms with van der Waals surface area (Å²) in [5, 5.41) is 2.68. The topological polar surface area (TPSA) is 107 Å². The molecule has 1 rings (SSSR count). The van der Waals surface area contributed by atoms with Crippen LogP contribution >= 0.6 is 0 Å². The van der Waals surface area contributed by atoms with Crippen LogP contribution in [0.1, 0.15) is 28.8 Å². The summed E-state index contributed by atoms with van der Waals surface area (Å²) < 4.78 is 4.69. The summed E-state index contributed by atoms with van der Waals surface area (Å²) in [5.74, 6) is 4.82. The van der Waals surface area contributed by atoms with Crippen LogP contribution in [0, 0.1) is 11.8 Å². The Balaban J connectivity index is 3.04. The Labute approximate surface area is 123 Å². The van der Waals surface area contributed by atoms with Gasteiger partial charge in [-0.2, -0.15) is 0 Å². The van der Waals surface area contributed by atoms with Crippen LogP contribution in [0.2, 0.25) is 0 Å². The zero-order valence-corrected chi connectivity index (χ0v) is 11.9. The lowest BCUT2D eigenvalue weighted by Gasteiger charge is -2.10. The number of methoxy groups -OCH3 is 1. The zero-order chi connectivity index (χ0) is 15.7. The van der Waals surface area contributed by atoms with Crippen molar-refractivity contribution >= 4 is 17.6 Å². The number of benzene rings is 1. The molecule has 6 nitrogen and oxygen atoms in total. The first-order chi connectivity index (χ1) is 10.1. The molecule has 0 saturated carbocycles. The molecular formula is C15H19N3O3. The van der Waals surface area contributed by atoms with Gasteiger partial charge in [0.1, 0.15) is 0 Å². The predicted molar refractivity (Wildman–Crippen MR) is 80.6 cm³/mol. The molecule has 1 amide bonds. The average Bonchev–Trinajstić information content (AvgIpc) is 2.50. The lowest BCUT2D eigenvalue weighted by Crippen LogP contribution is -2.16. The molecule has 0 aliphatic carbocycles. The fourth-order valence-corrected chi connectivity index (χ4v) is 1.64. The minimum atomic E-state index is -0.526. The second kappa shape index (κ2) is 8.74. The fourth-order valence-electron chi connectivity index (χ4n) is 1.64. The molecule has 6 heteroatoms. The maximum atomic E-state index is 11.8. The first kappa shape index (κ1) is 16.7. The quantitative estimate of drug-likeness (QED) is 0.539. The molecule has 0 aliphatic heterocycles. The highest BCUT2D eigenvalue weighted by Crippen LogP contribution is 2.19. The summed E-state index contributed by atoms with van der Waals surface area (Å²) in [7, 11) is 1.28. The molecule has 0 spiro atoms. The number of nitrogens with one attached hydrogen (secondary N) is 1. The number of nitrogens with two attached hydrogens (primary N) is 2. The molecule has 0 aromatic heterocycles. The van der Waals surface area contributed by atoms with Gasteiger partial charge in [-0.25, -0.2) is 4.79 Å². The number of rotatable bonds is 5. The molecular weight excluding hydrogens is 270 g/mol. The highest BCUT2D eigenvalue weighted by atomic mass is 16.5.